The molecule has 0 saturated carbocycles. The molecule has 1 fully saturated rings. The maximum atomic E-state index is 5.93. The fourth-order valence-electron chi connectivity index (χ4n) is 3.53. The summed E-state index contributed by atoms with van der Waals surface area (Å²) in [6.45, 7) is 5.12. The third-order valence-electron chi connectivity index (χ3n) is 5.08. The molecule has 0 amide bonds. The first-order valence-electron chi connectivity index (χ1n) is 9.80. The van der Waals surface area contributed by atoms with Gasteiger partial charge in [-0.2, -0.15) is 5.10 Å². The van der Waals surface area contributed by atoms with E-state index in [1.165, 1.54) is 0 Å². The second-order valence-electron chi connectivity index (χ2n) is 7.14. The number of aromatic nitrogens is 4. The van der Waals surface area contributed by atoms with Crippen molar-refractivity contribution in [2.24, 2.45) is 0 Å². The van der Waals surface area contributed by atoms with Gasteiger partial charge in [0, 0.05) is 62.1 Å². The Labute approximate surface area is 168 Å². The van der Waals surface area contributed by atoms with Crippen LogP contribution in [0.4, 0.5) is 0 Å². The molecule has 1 aromatic carbocycles. The summed E-state index contributed by atoms with van der Waals surface area (Å²) in [5.74, 6) is 1.30. The van der Waals surface area contributed by atoms with Crippen LogP contribution in [0.25, 0.3) is 22.2 Å². The zero-order valence-corrected chi connectivity index (χ0v) is 16.0. The minimum atomic E-state index is 0.552. The highest BCUT2D eigenvalue weighted by Gasteiger charge is 2.11. The molecule has 5 rings (SSSR count). The van der Waals surface area contributed by atoms with E-state index in [4.69, 9.17) is 9.72 Å². The number of nitrogens with one attached hydrogen (secondary N) is 2. The number of ether oxygens (including phenoxy) is 1. The van der Waals surface area contributed by atoms with Crippen molar-refractivity contribution in [2.45, 2.75) is 6.54 Å². The van der Waals surface area contributed by atoms with Gasteiger partial charge in [0.15, 0.2) is 0 Å². The summed E-state index contributed by atoms with van der Waals surface area (Å²) in [7, 11) is 0. The number of hydrogen-bond donors (Lipinski definition) is 2. The Hall–Kier alpha value is -3.29. The van der Waals surface area contributed by atoms with Crippen LogP contribution >= 0.6 is 0 Å². The zero-order chi connectivity index (χ0) is 19.5. The topological polar surface area (TPSA) is 79.0 Å². The highest BCUT2D eigenvalue weighted by molar-refractivity contribution is 5.80. The summed E-state index contributed by atoms with van der Waals surface area (Å²) < 4.78 is 5.93. The van der Waals surface area contributed by atoms with Gasteiger partial charge in [-0.25, -0.2) is 4.98 Å². The normalized spacial score (nSPS) is 14.9. The first-order chi connectivity index (χ1) is 14.3. The Balaban J connectivity index is 1.30. The van der Waals surface area contributed by atoms with Crippen LogP contribution in [-0.2, 0) is 6.54 Å². The van der Waals surface area contributed by atoms with Crippen molar-refractivity contribution < 1.29 is 4.74 Å². The first kappa shape index (κ1) is 17.8. The smallest absolute Gasteiger partial charge is 0.219 e. The lowest BCUT2D eigenvalue weighted by atomic mass is 10.2. The van der Waals surface area contributed by atoms with E-state index in [-0.39, 0.29) is 0 Å². The molecule has 146 valence electrons. The van der Waals surface area contributed by atoms with Crippen molar-refractivity contribution in [3.05, 3.63) is 66.6 Å². The van der Waals surface area contributed by atoms with Crippen LogP contribution in [0, 0.1) is 0 Å². The molecule has 1 saturated heterocycles. The molecule has 1 aliphatic heterocycles. The van der Waals surface area contributed by atoms with Gasteiger partial charge in [-0.05, 0) is 36.4 Å². The van der Waals surface area contributed by atoms with Gasteiger partial charge in [-0.3, -0.25) is 15.0 Å². The van der Waals surface area contributed by atoms with E-state index in [2.05, 4.69) is 37.5 Å². The third kappa shape index (κ3) is 4.11. The second kappa shape index (κ2) is 7.98. The lowest BCUT2D eigenvalue weighted by molar-refractivity contribution is 0.231. The Morgan fingerprint density at radius 2 is 1.93 bits per heavy atom. The molecule has 0 aliphatic carbocycles. The largest absolute Gasteiger partial charge is 0.439 e. The van der Waals surface area contributed by atoms with Gasteiger partial charge in [0.05, 0.1) is 16.9 Å². The lowest BCUT2D eigenvalue weighted by Gasteiger charge is -2.26. The predicted molar refractivity (Wildman–Crippen MR) is 112 cm³/mol. The van der Waals surface area contributed by atoms with Crippen molar-refractivity contribution in [2.75, 3.05) is 26.2 Å². The maximum Gasteiger partial charge on any atom is 0.219 e. The molecule has 4 heterocycles. The van der Waals surface area contributed by atoms with Gasteiger partial charge in [-0.15, -0.1) is 0 Å². The lowest BCUT2D eigenvalue weighted by Crippen LogP contribution is -2.43. The number of hydrogen-bond acceptors (Lipinski definition) is 6. The average molecular weight is 386 g/mol. The molecule has 0 radical (unpaired) electrons. The number of pyridine rings is 2. The van der Waals surface area contributed by atoms with Crippen LogP contribution < -0.4 is 10.1 Å². The van der Waals surface area contributed by atoms with Gasteiger partial charge >= 0.3 is 0 Å². The van der Waals surface area contributed by atoms with Gasteiger partial charge in [0.2, 0.25) is 5.88 Å². The molecule has 7 heteroatoms. The number of nitrogens with zero attached hydrogens (tertiary/aromatic N) is 4. The van der Waals surface area contributed by atoms with E-state index in [0.717, 1.165) is 66.3 Å². The van der Waals surface area contributed by atoms with Crippen LogP contribution in [0.2, 0.25) is 0 Å². The number of aromatic amines is 1. The number of H-pyrrole nitrogens is 1. The Morgan fingerprint density at radius 1 is 1.00 bits per heavy atom. The van der Waals surface area contributed by atoms with Crippen LogP contribution in [0.3, 0.4) is 0 Å². The molecule has 0 bridgehead atoms. The number of benzene rings is 1. The molecule has 1 aliphatic rings. The number of piperazine rings is 1. The van der Waals surface area contributed by atoms with Crippen LogP contribution in [0.5, 0.6) is 11.6 Å². The second-order valence-corrected chi connectivity index (χ2v) is 7.14. The van der Waals surface area contributed by atoms with Gasteiger partial charge in [0.1, 0.15) is 5.75 Å². The van der Waals surface area contributed by atoms with E-state index < -0.39 is 0 Å². The minimum absolute atomic E-state index is 0.552. The molecule has 0 spiro atoms. The fourth-order valence-corrected chi connectivity index (χ4v) is 3.53. The molecule has 2 N–H and O–H groups in total. The van der Waals surface area contributed by atoms with Crippen molar-refractivity contribution in [1.82, 2.24) is 30.4 Å². The Morgan fingerprint density at radius 3 is 2.72 bits per heavy atom. The minimum Gasteiger partial charge on any atom is -0.439 e. The summed E-state index contributed by atoms with van der Waals surface area (Å²) in [5.41, 5.74) is 3.98. The van der Waals surface area contributed by atoms with Crippen molar-refractivity contribution in [3.8, 4) is 22.9 Å². The summed E-state index contributed by atoms with van der Waals surface area (Å²) in [4.78, 5) is 11.6. The van der Waals surface area contributed by atoms with Gasteiger partial charge in [0.25, 0.3) is 0 Å². The summed E-state index contributed by atoms with van der Waals surface area (Å²) >= 11 is 0. The summed E-state index contributed by atoms with van der Waals surface area (Å²) in [5, 5.41) is 11.3. The van der Waals surface area contributed by atoms with Gasteiger partial charge in [-0.1, -0.05) is 6.07 Å². The average Bonchev–Trinajstić information content (AvgIpc) is 3.30. The number of fused-ring (bicyclic) bond motifs is 1. The molecule has 4 aromatic rings. The molecule has 0 unspecified atom stereocenters. The highest BCUT2D eigenvalue weighted by Crippen LogP contribution is 2.25. The fraction of sp³-hybridized carbons (Fsp3) is 0.227. The van der Waals surface area contributed by atoms with Crippen molar-refractivity contribution in [3.63, 3.8) is 0 Å². The van der Waals surface area contributed by atoms with E-state index in [9.17, 15) is 0 Å². The molecular weight excluding hydrogens is 364 g/mol. The monoisotopic (exact) mass is 386 g/mol. The zero-order valence-electron chi connectivity index (χ0n) is 16.0. The third-order valence-corrected chi connectivity index (χ3v) is 5.08. The van der Waals surface area contributed by atoms with E-state index in [1.54, 1.807) is 12.4 Å². The van der Waals surface area contributed by atoms with E-state index in [0.29, 0.717) is 5.88 Å². The molecule has 0 atom stereocenters. The van der Waals surface area contributed by atoms with Crippen LogP contribution in [0.15, 0.2) is 60.9 Å². The molecular formula is C22H22N6O. The van der Waals surface area contributed by atoms with Crippen LogP contribution in [-0.4, -0.2) is 51.2 Å². The predicted octanol–water partition coefficient (Wildman–Crippen LogP) is 3.22. The Kier molecular flexibility index (Phi) is 4.90. The quantitative estimate of drug-likeness (QED) is 0.548. The molecule has 3 aromatic heterocycles. The van der Waals surface area contributed by atoms with E-state index in [1.807, 2.05) is 36.4 Å². The standard InChI is InChI=1S/C22H22N6O/c1-3-18(15-28-11-9-23-10-12-28)26-20-5-4-19(13-16(1)20)29-22-6-2-17(14-24-22)21-7-8-25-27-21/h1-8,13-14,23H,9-12,15H2,(H,25,27). The van der Waals surface area contributed by atoms with Gasteiger partial charge < -0.3 is 10.1 Å². The first-order valence-corrected chi connectivity index (χ1v) is 9.80. The van der Waals surface area contributed by atoms with Crippen molar-refractivity contribution >= 4 is 10.9 Å². The highest BCUT2D eigenvalue weighted by atomic mass is 16.5. The molecule has 7 nitrogen and oxygen atoms in total. The summed E-state index contributed by atoms with van der Waals surface area (Å²) in [6, 6.07) is 15.9. The van der Waals surface area contributed by atoms with Crippen molar-refractivity contribution in [1.29, 1.82) is 0 Å². The SMILES string of the molecule is c1cc(-c2ccc(Oc3ccc4nc(CN5CCNCC5)ccc4c3)nc2)[nH]n1. The molecule has 29 heavy (non-hydrogen) atoms. The van der Waals surface area contributed by atoms with Crippen LogP contribution in [0.1, 0.15) is 5.69 Å². The number of rotatable bonds is 5. The summed E-state index contributed by atoms with van der Waals surface area (Å²) in [6.07, 6.45) is 3.49. The van der Waals surface area contributed by atoms with E-state index >= 15 is 0 Å². The maximum absolute atomic E-state index is 5.93. The Bertz CT molecular complexity index is 1090.